The van der Waals surface area contributed by atoms with E-state index in [-0.39, 0.29) is 17.9 Å². The lowest BCUT2D eigenvalue weighted by Gasteiger charge is -2.27. The van der Waals surface area contributed by atoms with Crippen molar-refractivity contribution in [1.82, 2.24) is 5.32 Å². The Morgan fingerprint density at radius 2 is 1.88 bits per heavy atom. The molecule has 1 amide bonds. The SMILES string of the molecule is CC(Cc1ccc(C(F)(F)F)cc1)NC(=O)C(N)C1CCOCC1. The molecule has 1 heterocycles. The largest absolute Gasteiger partial charge is 0.416 e. The average Bonchev–Trinajstić information content (AvgIpc) is 2.54. The van der Waals surface area contributed by atoms with Gasteiger partial charge in [0.15, 0.2) is 0 Å². The second-order valence-corrected chi connectivity index (χ2v) is 6.28. The fourth-order valence-electron chi connectivity index (χ4n) is 2.86. The second-order valence-electron chi connectivity index (χ2n) is 6.28. The van der Waals surface area contributed by atoms with Gasteiger partial charge in [-0.25, -0.2) is 0 Å². The van der Waals surface area contributed by atoms with Crippen molar-refractivity contribution >= 4 is 5.91 Å². The monoisotopic (exact) mass is 344 g/mol. The molecule has 2 rings (SSSR count). The molecule has 0 aromatic heterocycles. The summed E-state index contributed by atoms with van der Waals surface area (Å²) in [4.78, 5) is 12.2. The summed E-state index contributed by atoms with van der Waals surface area (Å²) in [5.74, 6) is -0.113. The molecule has 0 radical (unpaired) electrons. The van der Waals surface area contributed by atoms with Crippen molar-refractivity contribution in [2.45, 2.75) is 44.4 Å². The zero-order valence-electron chi connectivity index (χ0n) is 13.6. The number of benzene rings is 1. The fraction of sp³-hybridized carbons (Fsp3) is 0.588. The van der Waals surface area contributed by atoms with Crippen LogP contribution in [0.3, 0.4) is 0 Å². The molecule has 24 heavy (non-hydrogen) atoms. The first-order valence-corrected chi connectivity index (χ1v) is 8.07. The first kappa shape index (κ1) is 18.7. The van der Waals surface area contributed by atoms with Crippen LogP contribution in [0.4, 0.5) is 13.2 Å². The highest BCUT2D eigenvalue weighted by atomic mass is 19.4. The summed E-state index contributed by atoms with van der Waals surface area (Å²) < 4.78 is 42.9. The van der Waals surface area contributed by atoms with Crippen molar-refractivity contribution in [2.24, 2.45) is 11.7 Å². The number of hydrogen-bond acceptors (Lipinski definition) is 3. The van der Waals surface area contributed by atoms with Gasteiger partial charge in [0.05, 0.1) is 11.6 Å². The summed E-state index contributed by atoms with van der Waals surface area (Å²) in [5, 5.41) is 2.84. The molecule has 3 N–H and O–H groups in total. The molecular weight excluding hydrogens is 321 g/mol. The molecule has 1 aliphatic heterocycles. The molecule has 1 saturated heterocycles. The molecule has 134 valence electrons. The Bertz CT molecular complexity index is 540. The van der Waals surface area contributed by atoms with E-state index >= 15 is 0 Å². The van der Waals surface area contributed by atoms with Gasteiger partial charge in [0.1, 0.15) is 0 Å². The molecule has 1 fully saturated rings. The van der Waals surface area contributed by atoms with Gasteiger partial charge in [-0.1, -0.05) is 12.1 Å². The van der Waals surface area contributed by atoms with Crippen molar-refractivity contribution in [3.63, 3.8) is 0 Å². The summed E-state index contributed by atoms with van der Waals surface area (Å²) in [6.45, 7) is 3.05. The van der Waals surface area contributed by atoms with Gasteiger partial charge < -0.3 is 15.8 Å². The maximum Gasteiger partial charge on any atom is 0.416 e. The van der Waals surface area contributed by atoms with E-state index in [1.54, 1.807) is 0 Å². The van der Waals surface area contributed by atoms with Gasteiger partial charge in [0.2, 0.25) is 5.91 Å². The molecule has 1 aromatic rings. The molecule has 0 saturated carbocycles. The maximum atomic E-state index is 12.5. The van der Waals surface area contributed by atoms with Crippen LogP contribution in [-0.2, 0) is 22.1 Å². The number of alkyl halides is 3. The van der Waals surface area contributed by atoms with Crippen LogP contribution in [-0.4, -0.2) is 31.2 Å². The van der Waals surface area contributed by atoms with Crippen LogP contribution in [0.1, 0.15) is 30.9 Å². The molecule has 0 bridgehead atoms. The quantitative estimate of drug-likeness (QED) is 0.863. The van der Waals surface area contributed by atoms with E-state index < -0.39 is 17.8 Å². The molecule has 1 aromatic carbocycles. The number of amides is 1. The van der Waals surface area contributed by atoms with Crippen LogP contribution in [0.5, 0.6) is 0 Å². The van der Waals surface area contributed by atoms with Crippen LogP contribution in [0.15, 0.2) is 24.3 Å². The van der Waals surface area contributed by atoms with Gasteiger partial charge in [-0.05, 0) is 49.8 Å². The lowest BCUT2D eigenvalue weighted by molar-refractivity contribution is -0.137. The lowest BCUT2D eigenvalue weighted by atomic mass is 9.91. The van der Waals surface area contributed by atoms with E-state index in [1.165, 1.54) is 12.1 Å². The highest BCUT2D eigenvalue weighted by molar-refractivity contribution is 5.82. The third-order valence-corrected chi connectivity index (χ3v) is 4.29. The predicted octanol–water partition coefficient (Wildman–Crippen LogP) is 2.51. The molecule has 2 unspecified atom stereocenters. The standard InChI is InChI=1S/C17H23F3N2O2/c1-11(10-12-2-4-14(5-3-12)17(18,19)20)22-16(23)15(21)13-6-8-24-9-7-13/h2-5,11,13,15H,6-10,21H2,1H3,(H,22,23). The molecule has 2 atom stereocenters. The number of rotatable bonds is 5. The number of carbonyl (C=O) groups excluding carboxylic acids is 1. The topological polar surface area (TPSA) is 64.4 Å². The minimum atomic E-state index is -4.34. The third kappa shape index (κ3) is 5.21. The minimum Gasteiger partial charge on any atom is -0.381 e. The van der Waals surface area contributed by atoms with Crippen molar-refractivity contribution < 1.29 is 22.7 Å². The van der Waals surface area contributed by atoms with E-state index in [9.17, 15) is 18.0 Å². The summed E-state index contributed by atoms with van der Waals surface area (Å²) in [6.07, 6.45) is -2.36. The Kier molecular flexibility index (Phi) is 6.23. The molecule has 0 spiro atoms. The van der Waals surface area contributed by atoms with Crippen molar-refractivity contribution in [3.8, 4) is 0 Å². The molecular formula is C17H23F3N2O2. The zero-order chi connectivity index (χ0) is 17.7. The predicted molar refractivity (Wildman–Crippen MR) is 84.3 cm³/mol. The second kappa shape index (κ2) is 7.98. The Morgan fingerprint density at radius 3 is 2.42 bits per heavy atom. The molecule has 4 nitrogen and oxygen atoms in total. The van der Waals surface area contributed by atoms with Crippen LogP contribution < -0.4 is 11.1 Å². The van der Waals surface area contributed by atoms with E-state index in [2.05, 4.69) is 5.32 Å². The summed E-state index contributed by atoms with van der Waals surface area (Å²) in [7, 11) is 0. The van der Waals surface area contributed by atoms with Crippen molar-refractivity contribution in [1.29, 1.82) is 0 Å². The highest BCUT2D eigenvalue weighted by Crippen LogP contribution is 2.29. The fourth-order valence-corrected chi connectivity index (χ4v) is 2.86. The van der Waals surface area contributed by atoms with Crippen LogP contribution in [0, 0.1) is 5.92 Å². The van der Waals surface area contributed by atoms with Gasteiger partial charge in [-0.15, -0.1) is 0 Å². The van der Waals surface area contributed by atoms with Gasteiger partial charge in [-0.2, -0.15) is 13.2 Å². The maximum absolute atomic E-state index is 12.5. The highest BCUT2D eigenvalue weighted by Gasteiger charge is 2.30. The van der Waals surface area contributed by atoms with Gasteiger partial charge >= 0.3 is 6.18 Å². The molecule has 0 aliphatic carbocycles. The zero-order valence-corrected chi connectivity index (χ0v) is 13.6. The van der Waals surface area contributed by atoms with E-state index in [1.807, 2.05) is 6.92 Å². The third-order valence-electron chi connectivity index (χ3n) is 4.29. The first-order chi connectivity index (χ1) is 11.3. The van der Waals surface area contributed by atoms with E-state index in [4.69, 9.17) is 10.5 Å². The minimum absolute atomic E-state index is 0.108. The van der Waals surface area contributed by atoms with Gasteiger partial charge in [-0.3, -0.25) is 4.79 Å². The average molecular weight is 344 g/mol. The number of hydrogen-bond donors (Lipinski definition) is 2. The summed E-state index contributed by atoms with van der Waals surface area (Å²) >= 11 is 0. The van der Waals surface area contributed by atoms with Crippen molar-refractivity contribution in [3.05, 3.63) is 35.4 Å². The number of ether oxygens (including phenoxy) is 1. The summed E-state index contributed by atoms with van der Waals surface area (Å²) in [6, 6.07) is 4.19. The summed E-state index contributed by atoms with van der Waals surface area (Å²) in [5.41, 5.74) is 6.06. The van der Waals surface area contributed by atoms with E-state index in [0.29, 0.717) is 19.6 Å². The lowest BCUT2D eigenvalue weighted by Crippen LogP contribution is -2.49. The molecule has 7 heteroatoms. The normalized spacial score (nSPS) is 18.9. The number of nitrogens with two attached hydrogens (primary N) is 1. The first-order valence-electron chi connectivity index (χ1n) is 8.07. The molecule has 1 aliphatic rings. The Balaban J connectivity index is 1.85. The smallest absolute Gasteiger partial charge is 0.381 e. The van der Waals surface area contributed by atoms with Crippen LogP contribution in [0.2, 0.25) is 0 Å². The number of carbonyl (C=O) groups is 1. The Morgan fingerprint density at radius 1 is 1.29 bits per heavy atom. The van der Waals surface area contributed by atoms with Gasteiger partial charge in [0.25, 0.3) is 0 Å². The van der Waals surface area contributed by atoms with Crippen LogP contribution in [0.25, 0.3) is 0 Å². The van der Waals surface area contributed by atoms with E-state index in [0.717, 1.165) is 30.5 Å². The Hall–Kier alpha value is -1.60. The van der Waals surface area contributed by atoms with Crippen molar-refractivity contribution in [2.75, 3.05) is 13.2 Å². The number of halogens is 3. The van der Waals surface area contributed by atoms with Gasteiger partial charge in [0, 0.05) is 19.3 Å². The number of nitrogens with one attached hydrogen (secondary N) is 1. The van der Waals surface area contributed by atoms with Crippen LogP contribution >= 0.6 is 0 Å². The Labute approximate surface area is 139 Å².